The first kappa shape index (κ1) is 28.6. The largest absolute Gasteiger partial charge is 0.480 e. The Kier molecular flexibility index (Phi) is 11.2. The Morgan fingerprint density at radius 3 is 2.00 bits per heavy atom. The van der Waals surface area contributed by atoms with Crippen molar-refractivity contribution in [3.8, 4) is 0 Å². The molecule has 0 fully saturated rings. The number of carboxylic acid groups (broad SMARTS) is 1. The van der Waals surface area contributed by atoms with Crippen LogP contribution in [0.3, 0.4) is 0 Å². The number of aromatic nitrogens is 2. The van der Waals surface area contributed by atoms with Crippen LogP contribution in [0.15, 0.2) is 12.5 Å². The van der Waals surface area contributed by atoms with Gasteiger partial charge in [0.1, 0.15) is 18.1 Å². The van der Waals surface area contributed by atoms with E-state index < -0.39 is 60.2 Å². The third-order valence-corrected chi connectivity index (χ3v) is 4.99. The van der Waals surface area contributed by atoms with Gasteiger partial charge in [-0.3, -0.25) is 19.2 Å². The number of nitrogens with one attached hydrogen (secondary N) is 4. The van der Waals surface area contributed by atoms with Gasteiger partial charge in [0.2, 0.25) is 23.6 Å². The lowest BCUT2D eigenvalue weighted by molar-refractivity contribution is -0.143. The number of amides is 4. The van der Waals surface area contributed by atoms with Crippen molar-refractivity contribution in [3.63, 3.8) is 0 Å². The summed E-state index contributed by atoms with van der Waals surface area (Å²) in [7, 11) is 0. The van der Waals surface area contributed by atoms with Crippen molar-refractivity contribution in [1.29, 1.82) is 0 Å². The highest BCUT2D eigenvalue weighted by atomic mass is 16.4. The molecule has 1 heterocycles. The predicted molar refractivity (Wildman–Crippen MR) is 122 cm³/mol. The predicted octanol–water partition coefficient (Wildman–Crippen LogP) is -1.60. The van der Waals surface area contributed by atoms with Crippen LogP contribution < -0.4 is 27.4 Å². The highest BCUT2D eigenvalue weighted by molar-refractivity contribution is 5.96. The maximum Gasteiger partial charge on any atom is 0.326 e. The number of hydrogen-bond donors (Lipinski definition) is 7. The first-order valence-corrected chi connectivity index (χ1v) is 11.0. The van der Waals surface area contributed by atoms with Crippen LogP contribution in [0.1, 0.15) is 46.2 Å². The molecule has 9 N–H and O–H groups in total. The summed E-state index contributed by atoms with van der Waals surface area (Å²) in [6.45, 7) is 7.05. The van der Waals surface area contributed by atoms with E-state index in [1.165, 1.54) is 12.5 Å². The topological polar surface area (TPSA) is 222 Å². The van der Waals surface area contributed by atoms with Gasteiger partial charge in [-0.1, -0.05) is 27.7 Å². The molecule has 0 radical (unpaired) electrons. The Hall–Kier alpha value is -3.48. The number of primary amides is 1. The van der Waals surface area contributed by atoms with Crippen LogP contribution in [-0.4, -0.2) is 68.8 Å². The summed E-state index contributed by atoms with van der Waals surface area (Å²) < 4.78 is 0. The normalized spacial score (nSPS) is 14.7. The lowest BCUT2D eigenvalue weighted by Gasteiger charge is -2.25. The zero-order valence-electron chi connectivity index (χ0n) is 19.8. The van der Waals surface area contributed by atoms with E-state index in [-0.39, 0.29) is 24.7 Å². The van der Waals surface area contributed by atoms with Gasteiger partial charge >= 0.3 is 5.97 Å². The quantitative estimate of drug-likeness (QED) is 0.163. The van der Waals surface area contributed by atoms with E-state index in [1.54, 1.807) is 13.8 Å². The van der Waals surface area contributed by atoms with Gasteiger partial charge in [-0.25, -0.2) is 9.78 Å². The fourth-order valence-electron chi connectivity index (χ4n) is 3.04. The molecule has 4 atom stereocenters. The third kappa shape index (κ3) is 9.57. The molecule has 0 saturated carbocycles. The minimum absolute atomic E-state index is 0.0117. The van der Waals surface area contributed by atoms with Gasteiger partial charge < -0.3 is 37.5 Å². The number of rotatable bonds is 14. The summed E-state index contributed by atoms with van der Waals surface area (Å²) >= 11 is 0. The van der Waals surface area contributed by atoms with E-state index in [9.17, 15) is 29.1 Å². The minimum Gasteiger partial charge on any atom is -0.480 e. The summed E-state index contributed by atoms with van der Waals surface area (Å²) in [5.41, 5.74) is 11.5. The van der Waals surface area contributed by atoms with Gasteiger partial charge in [0, 0.05) is 18.3 Å². The smallest absolute Gasteiger partial charge is 0.326 e. The molecule has 4 amide bonds. The molecule has 1 aromatic rings. The molecule has 0 aliphatic carbocycles. The number of aliphatic carboxylic acids is 1. The maximum atomic E-state index is 13.0. The van der Waals surface area contributed by atoms with Crippen LogP contribution in [0.5, 0.6) is 0 Å². The molecule has 13 heteroatoms. The summed E-state index contributed by atoms with van der Waals surface area (Å²) in [5, 5.41) is 16.7. The number of nitrogens with zero attached hydrogens (tertiary/aromatic N) is 1. The molecule has 0 bridgehead atoms. The van der Waals surface area contributed by atoms with E-state index >= 15 is 0 Å². The van der Waals surface area contributed by atoms with E-state index in [0.29, 0.717) is 5.69 Å². The highest BCUT2D eigenvalue weighted by Gasteiger charge is 2.32. The van der Waals surface area contributed by atoms with Crippen LogP contribution in [0.2, 0.25) is 0 Å². The van der Waals surface area contributed by atoms with Crippen molar-refractivity contribution < 1.29 is 29.1 Å². The van der Waals surface area contributed by atoms with E-state index in [0.717, 1.165) is 0 Å². The molecule has 0 saturated heterocycles. The molecule has 0 aliphatic heterocycles. The van der Waals surface area contributed by atoms with E-state index in [1.807, 2.05) is 13.8 Å². The van der Waals surface area contributed by atoms with Crippen molar-refractivity contribution in [2.24, 2.45) is 23.3 Å². The van der Waals surface area contributed by atoms with Crippen LogP contribution in [0.25, 0.3) is 0 Å². The molecular formula is C21H35N7O6. The molecule has 190 valence electrons. The lowest BCUT2D eigenvalue weighted by atomic mass is 10.0. The molecule has 0 spiro atoms. The maximum absolute atomic E-state index is 13.0. The van der Waals surface area contributed by atoms with Crippen LogP contribution in [0.4, 0.5) is 0 Å². The molecule has 13 nitrogen and oxygen atoms in total. The molecule has 4 unspecified atom stereocenters. The SMILES string of the molecule is CC(C)CC(NC(=O)C(Cc1cnc[nH]1)NC(=O)C(CC(N)=O)NC(=O)C(N)C(C)C)C(=O)O. The Bertz CT molecular complexity index is 856. The Balaban J connectivity index is 3.09. The number of H-pyrrole nitrogens is 1. The number of carbonyl (C=O) groups is 5. The zero-order valence-corrected chi connectivity index (χ0v) is 19.8. The van der Waals surface area contributed by atoms with Crippen molar-refractivity contribution >= 4 is 29.6 Å². The van der Waals surface area contributed by atoms with Crippen molar-refractivity contribution in [1.82, 2.24) is 25.9 Å². The zero-order chi connectivity index (χ0) is 26.0. The average molecular weight is 482 g/mol. The van der Waals surface area contributed by atoms with Gasteiger partial charge in [0.05, 0.1) is 18.8 Å². The summed E-state index contributed by atoms with van der Waals surface area (Å²) in [6.07, 6.45) is 2.44. The Morgan fingerprint density at radius 1 is 0.971 bits per heavy atom. The van der Waals surface area contributed by atoms with Gasteiger partial charge in [0.25, 0.3) is 0 Å². The Labute approximate surface area is 197 Å². The monoisotopic (exact) mass is 481 g/mol. The number of aromatic amines is 1. The summed E-state index contributed by atoms with van der Waals surface area (Å²) in [6, 6.07) is -4.70. The average Bonchev–Trinajstić information content (AvgIpc) is 3.23. The molecular weight excluding hydrogens is 446 g/mol. The third-order valence-electron chi connectivity index (χ3n) is 4.99. The number of carbonyl (C=O) groups excluding carboxylic acids is 4. The van der Waals surface area contributed by atoms with Crippen LogP contribution in [-0.2, 0) is 30.4 Å². The number of nitrogens with two attached hydrogens (primary N) is 2. The molecule has 34 heavy (non-hydrogen) atoms. The number of carboxylic acids is 1. The van der Waals surface area contributed by atoms with Gasteiger partial charge in [-0.2, -0.15) is 0 Å². The van der Waals surface area contributed by atoms with Gasteiger partial charge in [-0.15, -0.1) is 0 Å². The van der Waals surface area contributed by atoms with E-state index in [4.69, 9.17) is 11.5 Å². The molecule has 1 aromatic heterocycles. The van der Waals surface area contributed by atoms with Gasteiger partial charge in [0.15, 0.2) is 0 Å². The molecule has 0 aliphatic rings. The standard InChI is InChI=1S/C21H35N7O6/c1-10(2)5-15(21(33)34)28-18(30)13(6-12-8-24-9-25-12)26-19(31)14(7-16(22)29)27-20(32)17(23)11(3)4/h8-11,13-15,17H,5-7,23H2,1-4H3,(H2,22,29)(H,24,25)(H,26,31)(H,27,32)(H,28,30)(H,33,34). The second-order valence-corrected chi connectivity index (χ2v) is 8.87. The van der Waals surface area contributed by atoms with Crippen molar-refractivity contribution in [2.45, 2.75) is 71.1 Å². The Morgan fingerprint density at radius 2 is 1.53 bits per heavy atom. The van der Waals surface area contributed by atoms with Gasteiger partial charge in [-0.05, 0) is 18.3 Å². The first-order valence-electron chi connectivity index (χ1n) is 11.0. The van der Waals surface area contributed by atoms with Crippen LogP contribution in [0, 0.1) is 11.8 Å². The second kappa shape index (κ2) is 13.3. The lowest BCUT2D eigenvalue weighted by Crippen LogP contribution is -2.58. The fourth-order valence-corrected chi connectivity index (χ4v) is 3.04. The number of hydrogen-bond acceptors (Lipinski definition) is 7. The second-order valence-electron chi connectivity index (χ2n) is 8.87. The van der Waals surface area contributed by atoms with Crippen molar-refractivity contribution in [3.05, 3.63) is 18.2 Å². The first-order chi connectivity index (χ1) is 15.8. The summed E-state index contributed by atoms with van der Waals surface area (Å²) in [5.74, 6) is -4.56. The van der Waals surface area contributed by atoms with Crippen LogP contribution >= 0.6 is 0 Å². The van der Waals surface area contributed by atoms with Crippen molar-refractivity contribution in [2.75, 3.05) is 0 Å². The number of imidazole rings is 1. The molecule has 0 aromatic carbocycles. The minimum atomic E-state index is -1.38. The fraction of sp³-hybridized carbons (Fsp3) is 0.619. The highest BCUT2D eigenvalue weighted by Crippen LogP contribution is 2.08. The summed E-state index contributed by atoms with van der Waals surface area (Å²) in [4.78, 5) is 68.0. The molecule has 1 rings (SSSR count). The van der Waals surface area contributed by atoms with E-state index in [2.05, 4.69) is 25.9 Å².